The van der Waals surface area contributed by atoms with Crippen LogP contribution in [0.5, 0.6) is 0 Å². The Kier molecular flexibility index (Phi) is 7.62. The third kappa shape index (κ3) is 5.53. The molecule has 0 bridgehead atoms. The molecule has 3 rings (SSSR count). The molecule has 0 aliphatic rings. The second kappa shape index (κ2) is 10.8. The van der Waals surface area contributed by atoms with Gasteiger partial charge in [-0.05, 0) is 36.4 Å². The fourth-order valence-electron chi connectivity index (χ4n) is 2.77. The molecule has 1 N–H and O–H groups in total. The highest BCUT2D eigenvalue weighted by atomic mass is 32.2. The number of nitriles is 1. The number of para-hydroxylation sites is 1. The van der Waals surface area contributed by atoms with Gasteiger partial charge in [-0.25, -0.2) is 9.59 Å². The van der Waals surface area contributed by atoms with Crippen molar-refractivity contribution in [3.05, 3.63) is 89.5 Å². The van der Waals surface area contributed by atoms with Crippen molar-refractivity contribution in [2.24, 2.45) is 0 Å². The Balaban J connectivity index is 1.68. The van der Waals surface area contributed by atoms with Gasteiger partial charge in [-0.15, -0.1) is 0 Å². The summed E-state index contributed by atoms with van der Waals surface area (Å²) in [6.45, 7) is -0.540. The van der Waals surface area contributed by atoms with Crippen molar-refractivity contribution >= 4 is 35.3 Å². The van der Waals surface area contributed by atoms with Gasteiger partial charge in [0.25, 0.3) is 5.91 Å². The van der Waals surface area contributed by atoms with Gasteiger partial charge in [0, 0.05) is 9.79 Å². The van der Waals surface area contributed by atoms with Gasteiger partial charge in [-0.3, -0.25) is 4.79 Å². The van der Waals surface area contributed by atoms with Crippen LogP contribution < -0.4 is 5.32 Å². The quantitative estimate of drug-likeness (QED) is 0.540. The minimum Gasteiger partial charge on any atom is -0.465 e. The van der Waals surface area contributed by atoms with Crippen LogP contribution in [0.25, 0.3) is 0 Å². The number of carbonyl (C=O) groups is 3. The summed E-state index contributed by atoms with van der Waals surface area (Å²) in [6, 6.07) is 22.3. The van der Waals surface area contributed by atoms with Gasteiger partial charge in [-0.1, -0.05) is 48.2 Å². The number of anilines is 1. The lowest BCUT2D eigenvalue weighted by molar-refractivity contribution is -0.119. The van der Waals surface area contributed by atoms with Gasteiger partial charge in [0.05, 0.1) is 29.5 Å². The first-order chi connectivity index (χ1) is 15.5. The molecule has 0 unspecified atom stereocenters. The van der Waals surface area contributed by atoms with E-state index >= 15 is 0 Å². The molecule has 160 valence electrons. The molecule has 3 aromatic carbocycles. The highest BCUT2D eigenvalue weighted by Gasteiger charge is 2.18. The van der Waals surface area contributed by atoms with E-state index in [0.29, 0.717) is 15.4 Å². The Morgan fingerprint density at radius 1 is 0.875 bits per heavy atom. The van der Waals surface area contributed by atoms with E-state index in [2.05, 4.69) is 11.4 Å². The highest BCUT2D eigenvalue weighted by Crippen LogP contribution is 2.32. The van der Waals surface area contributed by atoms with Gasteiger partial charge in [-0.2, -0.15) is 5.26 Å². The largest absolute Gasteiger partial charge is 0.465 e. The molecule has 0 saturated heterocycles. The number of esters is 2. The van der Waals surface area contributed by atoms with Crippen molar-refractivity contribution in [2.45, 2.75) is 9.79 Å². The van der Waals surface area contributed by atoms with Crippen molar-refractivity contribution in [3.8, 4) is 6.07 Å². The zero-order chi connectivity index (χ0) is 22.9. The number of hydrogen-bond acceptors (Lipinski definition) is 7. The number of nitrogens with one attached hydrogen (secondary N) is 1. The number of benzene rings is 3. The van der Waals surface area contributed by atoms with Crippen molar-refractivity contribution in [2.75, 3.05) is 19.0 Å². The molecule has 0 radical (unpaired) electrons. The highest BCUT2D eigenvalue weighted by molar-refractivity contribution is 7.99. The van der Waals surface area contributed by atoms with Gasteiger partial charge in [0.2, 0.25) is 0 Å². The maximum Gasteiger partial charge on any atom is 0.339 e. The molecule has 0 spiro atoms. The smallest absolute Gasteiger partial charge is 0.339 e. The molecule has 0 aliphatic carbocycles. The summed E-state index contributed by atoms with van der Waals surface area (Å²) in [7, 11) is 1.24. The molecule has 0 aromatic heterocycles. The van der Waals surface area contributed by atoms with E-state index in [0.717, 1.165) is 0 Å². The first kappa shape index (κ1) is 22.6. The van der Waals surface area contributed by atoms with Crippen LogP contribution in [-0.2, 0) is 14.3 Å². The SMILES string of the molecule is COC(=O)c1ccccc1NC(=O)COC(=O)c1ccccc1Sc1ccccc1C#N. The van der Waals surface area contributed by atoms with Gasteiger partial charge < -0.3 is 14.8 Å². The standard InChI is InChI=1S/C24H18N2O5S/c1-30-23(28)17-9-3-5-11-19(17)26-22(27)15-31-24(29)18-10-4-7-13-21(18)32-20-12-6-2-8-16(20)14-25/h2-13H,15H2,1H3,(H,26,27). The topological polar surface area (TPSA) is 105 Å². The number of hydrogen-bond donors (Lipinski definition) is 1. The first-order valence-corrected chi connectivity index (χ1v) is 10.3. The molecule has 0 fully saturated rings. The van der Waals surface area contributed by atoms with Crippen LogP contribution in [0, 0.1) is 11.3 Å². The second-order valence-corrected chi connectivity index (χ2v) is 7.45. The summed E-state index contributed by atoms with van der Waals surface area (Å²) in [5.74, 6) is -1.88. The van der Waals surface area contributed by atoms with Crippen molar-refractivity contribution < 1.29 is 23.9 Å². The average molecular weight is 446 g/mol. The summed E-state index contributed by atoms with van der Waals surface area (Å²) in [4.78, 5) is 38.0. The average Bonchev–Trinajstić information content (AvgIpc) is 2.83. The Hall–Kier alpha value is -4.09. The van der Waals surface area contributed by atoms with Crippen LogP contribution in [0.4, 0.5) is 5.69 Å². The summed E-state index contributed by atoms with van der Waals surface area (Å²) in [5, 5.41) is 11.8. The number of methoxy groups -OCH3 is 1. The third-order valence-electron chi connectivity index (χ3n) is 4.28. The summed E-state index contributed by atoms with van der Waals surface area (Å²) < 4.78 is 9.87. The van der Waals surface area contributed by atoms with E-state index in [4.69, 9.17) is 9.47 Å². The van der Waals surface area contributed by atoms with Crippen molar-refractivity contribution in [1.29, 1.82) is 5.26 Å². The van der Waals surface area contributed by atoms with Gasteiger partial charge in [0.1, 0.15) is 6.07 Å². The fraction of sp³-hybridized carbons (Fsp3) is 0.0833. The molecule has 32 heavy (non-hydrogen) atoms. The van der Waals surface area contributed by atoms with Crippen LogP contribution >= 0.6 is 11.8 Å². The minimum absolute atomic E-state index is 0.188. The zero-order valence-electron chi connectivity index (χ0n) is 17.0. The Morgan fingerprint density at radius 3 is 2.22 bits per heavy atom. The van der Waals surface area contributed by atoms with Crippen LogP contribution in [0.3, 0.4) is 0 Å². The van der Waals surface area contributed by atoms with Crippen molar-refractivity contribution in [3.63, 3.8) is 0 Å². The predicted octanol–water partition coefficient (Wildman–Crippen LogP) is 4.29. The van der Waals surface area contributed by atoms with Crippen LogP contribution in [-0.4, -0.2) is 31.6 Å². The molecule has 7 nitrogen and oxygen atoms in total. The summed E-state index contributed by atoms with van der Waals surface area (Å²) in [6.07, 6.45) is 0. The molecular weight excluding hydrogens is 428 g/mol. The number of ether oxygens (including phenoxy) is 2. The van der Waals surface area contributed by atoms with E-state index in [9.17, 15) is 19.6 Å². The molecule has 0 aliphatic heterocycles. The maximum absolute atomic E-state index is 12.6. The normalized spacial score (nSPS) is 10.0. The lowest BCUT2D eigenvalue weighted by atomic mass is 10.2. The number of amides is 1. The van der Waals surface area contributed by atoms with E-state index in [-0.39, 0.29) is 16.8 Å². The molecule has 0 saturated carbocycles. The fourth-order valence-corrected chi connectivity index (χ4v) is 3.78. The number of carbonyl (C=O) groups excluding carboxylic acids is 3. The molecule has 1 amide bonds. The monoisotopic (exact) mass is 446 g/mol. The second-order valence-electron chi connectivity index (χ2n) is 6.37. The van der Waals surface area contributed by atoms with Crippen molar-refractivity contribution in [1.82, 2.24) is 0 Å². The molecular formula is C24H18N2O5S. The van der Waals surface area contributed by atoms with E-state index in [1.54, 1.807) is 66.7 Å². The lowest BCUT2D eigenvalue weighted by Gasteiger charge is -2.11. The summed E-state index contributed by atoms with van der Waals surface area (Å²) >= 11 is 1.26. The zero-order valence-corrected chi connectivity index (χ0v) is 17.8. The molecule has 0 atom stereocenters. The maximum atomic E-state index is 12.6. The lowest BCUT2D eigenvalue weighted by Crippen LogP contribution is -2.22. The Morgan fingerprint density at radius 2 is 1.50 bits per heavy atom. The van der Waals surface area contributed by atoms with Gasteiger partial charge >= 0.3 is 11.9 Å². The van der Waals surface area contributed by atoms with Gasteiger partial charge in [0.15, 0.2) is 6.61 Å². The number of rotatable bonds is 7. The van der Waals surface area contributed by atoms with Crippen LogP contribution in [0.15, 0.2) is 82.6 Å². The summed E-state index contributed by atoms with van der Waals surface area (Å²) in [5.41, 5.74) is 1.20. The number of nitrogens with zero attached hydrogens (tertiary/aromatic N) is 1. The van der Waals surface area contributed by atoms with E-state index < -0.39 is 24.5 Å². The Bertz CT molecular complexity index is 1200. The van der Waals surface area contributed by atoms with E-state index in [1.165, 1.54) is 24.9 Å². The van der Waals surface area contributed by atoms with Crippen LogP contribution in [0.1, 0.15) is 26.3 Å². The first-order valence-electron chi connectivity index (χ1n) is 9.44. The molecule has 8 heteroatoms. The molecule has 0 heterocycles. The van der Waals surface area contributed by atoms with Crippen LogP contribution in [0.2, 0.25) is 0 Å². The van der Waals surface area contributed by atoms with E-state index in [1.807, 2.05) is 0 Å². The predicted molar refractivity (Wildman–Crippen MR) is 118 cm³/mol. The minimum atomic E-state index is -0.682. The molecule has 3 aromatic rings. The Labute approximate surface area is 189 Å². The third-order valence-corrected chi connectivity index (χ3v) is 5.43.